The highest BCUT2D eigenvalue weighted by molar-refractivity contribution is 14.1. The average molecular weight is 389 g/mol. The second kappa shape index (κ2) is 6.62. The topological polar surface area (TPSA) is 67.6 Å². The summed E-state index contributed by atoms with van der Waals surface area (Å²) in [6.45, 7) is 5.57. The van der Waals surface area contributed by atoms with Gasteiger partial charge in [0.1, 0.15) is 6.04 Å². The second-order valence-corrected chi connectivity index (χ2v) is 6.40. The number of benzene rings is 1. The van der Waals surface area contributed by atoms with E-state index in [0.717, 1.165) is 9.26 Å². The highest BCUT2D eigenvalue weighted by atomic mass is 127. The maximum absolute atomic E-state index is 12.3. The van der Waals surface area contributed by atoms with Gasteiger partial charge < -0.3 is 20.7 Å². The summed E-state index contributed by atoms with van der Waals surface area (Å²) in [5.74, 6) is -0.0161. The number of amides is 1. The van der Waals surface area contributed by atoms with Gasteiger partial charge in [0.25, 0.3) is 0 Å². The van der Waals surface area contributed by atoms with Crippen molar-refractivity contribution >= 4 is 39.9 Å². The number of hydrogen-bond acceptors (Lipinski definition) is 4. The van der Waals surface area contributed by atoms with Gasteiger partial charge >= 0.3 is 0 Å². The third-order valence-electron chi connectivity index (χ3n) is 3.16. The summed E-state index contributed by atoms with van der Waals surface area (Å²) in [5, 5.41) is 2.94. The molecule has 1 amide bonds. The Bertz CT molecular complexity index is 493. The fourth-order valence-electron chi connectivity index (χ4n) is 2.28. The molecule has 1 saturated heterocycles. The third kappa shape index (κ3) is 3.54. The van der Waals surface area contributed by atoms with Crippen molar-refractivity contribution in [3.05, 3.63) is 21.8 Å². The second-order valence-electron chi connectivity index (χ2n) is 5.15. The largest absolute Gasteiger partial charge is 0.397 e. The van der Waals surface area contributed by atoms with E-state index in [9.17, 15) is 4.79 Å². The fraction of sp³-hybridized carbons (Fsp3) is 0.500. The van der Waals surface area contributed by atoms with E-state index in [0.29, 0.717) is 25.4 Å². The van der Waals surface area contributed by atoms with Crippen LogP contribution in [0.4, 0.5) is 11.4 Å². The average Bonchev–Trinajstić information content (AvgIpc) is 2.38. The summed E-state index contributed by atoms with van der Waals surface area (Å²) in [5.41, 5.74) is 7.69. The Kier molecular flexibility index (Phi) is 5.09. The third-order valence-corrected chi connectivity index (χ3v) is 3.83. The molecule has 0 saturated carbocycles. The maximum atomic E-state index is 12.3. The molecular weight excluding hydrogens is 369 g/mol. The molecule has 1 aromatic carbocycles. The van der Waals surface area contributed by atoms with Crippen molar-refractivity contribution in [3.63, 3.8) is 0 Å². The normalized spacial score (nSPS) is 19.2. The Hall–Kier alpha value is -1.02. The highest BCUT2D eigenvalue weighted by Crippen LogP contribution is 2.28. The highest BCUT2D eigenvalue weighted by Gasteiger charge is 2.30. The zero-order valence-corrected chi connectivity index (χ0v) is 13.9. The number of nitrogens with zero attached hydrogens (tertiary/aromatic N) is 1. The summed E-state index contributed by atoms with van der Waals surface area (Å²) in [6.07, 6.45) is 0. The number of ether oxygens (including phenoxy) is 1. The van der Waals surface area contributed by atoms with Gasteiger partial charge in [0.15, 0.2) is 0 Å². The summed E-state index contributed by atoms with van der Waals surface area (Å²) in [6, 6.07) is 5.67. The molecule has 0 bridgehead atoms. The van der Waals surface area contributed by atoms with Gasteiger partial charge in [0, 0.05) is 16.2 Å². The van der Waals surface area contributed by atoms with E-state index in [2.05, 4.69) is 27.9 Å². The van der Waals surface area contributed by atoms with E-state index < -0.39 is 0 Å². The molecule has 1 heterocycles. The van der Waals surface area contributed by atoms with Crippen LogP contribution in [0.3, 0.4) is 0 Å². The van der Waals surface area contributed by atoms with E-state index in [4.69, 9.17) is 10.5 Å². The smallest absolute Gasteiger partial charge is 0.245 e. The molecule has 110 valence electrons. The standard InChI is InChI=1S/C14H20IN3O2/c1-9(2)17-14(19)13-8-20-6-5-18(13)12-4-3-10(15)7-11(12)16/h3-4,7,9,13H,5-6,8,16H2,1-2H3,(H,17,19). The molecule has 1 atom stereocenters. The minimum absolute atomic E-state index is 0.0161. The van der Waals surface area contributed by atoms with Gasteiger partial charge in [-0.15, -0.1) is 0 Å². The zero-order chi connectivity index (χ0) is 14.7. The number of anilines is 2. The molecule has 5 nitrogen and oxygen atoms in total. The summed E-state index contributed by atoms with van der Waals surface area (Å²) >= 11 is 2.23. The Labute approximate surface area is 133 Å². The van der Waals surface area contributed by atoms with Crippen molar-refractivity contribution in [1.29, 1.82) is 0 Å². The molecule has 1 aliphatic heterocycles. The lowest BCUT2D eigenvalue weighted by Crippen LogP contribution is -2.55. The number of nitrogen functional groups attached to an aromatic ring is 1. The van der Waals surface area contributed by atoms with E-state index >= 15 is 0 Å². The minimum Gasteiger partial charge on any atom is -0.397 e. The van der Waals surface area contributed by atoms with E-state index in [1.807, 2.05) is 36.9 Å². The number of nitrogens with two attached hydrogens (primary N) is 1. The predicted molar refractivity (Wildman–Crippen MR) is 88.8 cm³/mol. The molecule has 20 heavy (non-hydrogen) atoms. The SMILES string of the molecule is CC(C)NC(=O)C1COCCN1c1ccc(I)cc1N. The molecule has 1 fully saturated rings. The van der Waals surface area contributed by atoms with Crippen molar-refractivity contribution in [2.45, 2.75) is 25.9 Å². The summed E-state index contributed by atoms with van der Waals surface area (Å²) < 4.78 is 6.54. The molecule has 0 radical (unpaired) electrons. The first-order valence-electron chi connectivity index (χ1n) is 6.69. The lowest BCUT2D eigenvalue weighted by molar-refractivity contribution is -0.125. The number of rotatable bonds is 3. The number of carbonyl (C=O) groups excluding carboxylic acids is 1. The molecule has 0 spiro atoms. The van der Waals surface area contributed by atoms with Crippen LogP contribution in [0, 0.1) is 3.57 Å². The lowest BCUT2D eigenvalue weighted by Gasteiger charge is -2.37. The fourth-order valence-corrected chi connectivity index (χ4v) is 2.79. The van der Waals surface area contributed by atoms with Crippen molar-refractivity contribution in [2.75, 3.05) is 30.4 Å². The number of morpholine rings is 1. The molecule has 3 N–H and O–H groups in total. The number of nitrogens with one attached hydrogen (secondary N) is 1. The first-order chi connectivity index (χ1) is 9.49. The molecule has 1 aliphatic rings. The lowest BCUT2D eigenvalue weighted by atomic mass is 10.1. The monoisotopic (exact) mass is 389 g/mol. The van der Waals surface area contributed by atoms with Crippen molar-refractivity contribution in [2.24, 2.45) is 0 Å². The van der Waals surface area contributed by atoms with E-state index in [1.165, 1.54) is 0 Å². The van der Waals surface area contributed by atoms with E-state index in [-0.39, 0.29) is 18.0 Å². The van der Waals surface area contributed by atoms with Crippen LogP contribution >= 0.6 is 22.6 Å². The molecule has 2 rings (SSSR count). The van der Waals surface area contributed by atoms with Gasteiger partial charge in [0.05, 0.1) is 24.6 Å². The number of hydrogen-bond donors (Lipinski definition) is 2. The maximum Gasteiger partial charge on any atom is 0.245 e. The summed E-state index contributed by atoms with van der Waals surface area (Å²) in [7, 11) is 0. The van der Waals surface area contributed by atoms with Gasteiger partial charge in [-0.05, 0) is 54.6 Å². The Morgan fingerprint density at radius 1 is 1.55 bits per heavy atom. The number of halogens is 1. The Balaban J connectivity index is 2.24. The van der Waals surface area contributed by atoms with Gasteiger partial charge in [-0.25, -0.2) is 0 Å². The zero-order valence-electron chi connectivity index (χ0n) is 11.7. The van der Waals surface area contributed by atoms with Crippen LogP contribution in [0.5, 0.6) is 0 Å². The van der Waals surface area contributed by atoms with Crippen LogP contribution in [0.25, 0.3) is 0 Å². The Morgan fingerprint density at radius 2 is 2.30 bits per heavy atom. The van der Waals surface area contributed by atoms with Crippen LogP contribution in [0.1, 0.15) is 13.8 Å². The summed E-state index contributed by atoms with van der Waals surface area (Å²) in [4.78, 5) is 14.3. The quantitative estimate of drug-likeness (QED) is 0.609. The van der Waals surface area contributed by atoms with Crippen molar-refractivity contribution < 1.29 is 9.53 Å². The number of carbonyl (C=O) groups is 1. The first-order valence-corrected chi connectivity index (χ1v) is 7.76. The van der Waals surface area contributed by atoms with Gasteiger partial charge in [-0.2, -0.15) is 0 Å². The molecule has 1 aromatic rings. The van der Waals surface area contributed by atoms with Crippen LogP contribution in [-0.4, -0.2) is 37.7 Å². The van der Waals surface area contributed by atoms with Crippen LogP contribution in [0.15, 0.2) is 18.2 Å². The molecular formula is C14H20IN3O2. The molecule has 6 heteroatoms. The first kappa shape index (κ1) is 15.4. The van der Waals surface area contributed by atoms with Crippen molar-refractivity contribution in [3.8, 4) is 0 Å². The van der Waals surface area contributed by atoms with Crippen LogP contribution in [-0.2, 0) is 9.53 Å². The van der Waals surface area contributed by atoms with Crippen LogP contribution < -0.4 is 16.0 Å². The van der Waals surface area contributed by atoms with Gasteiger partial charge in [0.2, 0.25) is 5.91 Å². The molecule has 1 unspecified atom stereocenters. The predicted octanol–water partition coefficient (Wildman–Crippen LogP) is 1.60. The Morgan fingerprint density at radius 3 is 2.95 bits per heavy atom. The van der Waals surface area contributed by atoms with Crippen LogP contribution in [0.2, 0.25) is 0 Å². The molecule has 0 aliphatic carbocycles. The van der Waals surface area contributed by atoms with Crippen molar-refractivity contribution in [1.82, 2.24) is 5.32 Å². The van der Waals surface area contributed by atoms with Gasteiger partial charge in [-0.1, -0.05) is 0 Å². The van der Waals surface area contributed by atoms with Gasteiger partial charge in [-0.3, -0.25) is 4.79 Å². The minimum atomic E-state index is -0.325. The molecule has 0 aromatic heterocycles. The van der Waals surface area contributed by atoms with E-state index in [1.54, 1.807) is 0 Å².